The van der Waals surface area contributed by atoms with Crippen molar-refractivity contribution in [1.29, 1.82) is 10.8 Å². The van der Waals surface area contributed by atoms with Crippen LogP contribution in [0.1, 0.15) is 16.8 Å². The van der Waals surface area contributed by atoms with Gasteiger partial charge in [-0.2, -0.15) is 0 Å². The number of allylic oxidation sites excluding steroid dienone is 1. The Kier molecular flexibility index (Phi) is 6.62. The summed E-state index contributed by atoms with van der Waals surface area (Å²) < 4.78 is 14.5. The molecule has 1 aromatic heterocycles. The van der Waals surface area contributed by atoms with Crippen LogP contribution in [0.2, 0.25) is 0 Å². The zero-order chi connectivity index (χ0) is 22.7. The fourth-order valence-electron chi connectivity index (χ4n) is 3.64. The molecule has 0 aliphatic carbocycles. The van der Waals surface area contributed by atoms with E-state index in [1.54, 1.807) is 13.1 Å². The highest BCUT2D eigenvalue weighted by Gasteiger charge is 2.33. The first-order chi connectivity index (χ1) is 14.8. The zero-order valence-corrected chi connectivity index (χ0v) is 17.7. The number of halogens is 1. The summed E-state index contributed by atoms with van der Waals surface area (Å²) in [6.07, 6.45) is 3.37. The number of nitrogens with one attached hydrogen (secondary N) is 3. The van der Waals surface area contributed by atoms with Gasteiger partial charge in [0.05, 0.1) is 23.6 Å². The lowest BCUT2D eigenvalue weighted by Crippen LogP contribution is -2.38. The van der Waals surface area contributed by atoms with Crippen molar-refractivity contribution in [3.63, 3.8) is 0 Å². The molecule has 0 spiro atoms. The van der Waals surface area contributed by atoms with Gasteiger partial charge in [0, 0.05) is 61.0 Å². The monoisotopic (exact) mass is 426 g/mol. The molecule has 0 bridgehead atoms. The fraction of sp³-hybridized carbons (Fsp3) is 0.333. The van der Waals surface area contributed by atoms with Crippen LogP contribution in [-0.2, 0) is 0 Å². The van der Waals surface area contributed by atoms with Gasteiger partial charge in [-0.05, 0) is 26.2 Å². The third-order valence-electron chi connectivity index (χ3n) is 5.33. The smallest absolute Gasteiger partial charge is 0.133 e. The summed E-state index contributed by atoms with van der Waals surface area (Å²) in [7, 11) is 5.48. The molecule has 0 amide bonds. The Hall–Kier alpha value is -3.37. The molecule has 9 nitrogen and oxygen atoms in total. The van der Waals surface area contributed by atoms with Crippen LogP contribution < -0.4 is 16.0 Å². The number of nitrogens with zero attached hydrogens (tertiary/aromatic N) is 4. The summed E-state index contributed by atoms with van der Waals surface area (Å²) in [5.41, 5.74) is 7.23. The van der Waals surface area contributed by atoms with Crippen LogP contribution in [0.15, 0.2) is 30.7 Å². The minimum atomic E-state index is -0.580. The second-order valence-corrected chi connectivity index (χ2v) is 7.59. The van der Waals surface area contributed by atoms with Gasteiger partial charge in [-0.25, -0.2) is 14.4 Å². The summed E-state index contributed by atoms with van der Waals surface area (Å²) in [4.78, 5) is 12.4. The number of aliphatic hydroxyl groups is 1. The Morgan fingerprint density at radius 3 is 2.65 bits per heavy atom. The van der Waals surface area contributed by atoms with E-state index in [0.29, 0.717) is 35.7 Å². The molecule has 1 fully saturated rings. The molecule has 6 N–H and O–H groups in total. The van der Waals surface area contributed by atoms with Crippen molar-refractivity contribution in [3.8, 4) is 0 Å². The normalized spacial score (nSPS) is 19.0. The molecular formula is C21H27FN8O. The Labute approximate surface area is 180 Å². The summed E-state index contributed by atoms with van der Waals surface area (Å²) in [6, 6.07) is 4.24. The molecule has 10 heteroatoms. The topological polar surface area (TPSA) is 138 Å². The molecule has 1 unspecified atom stereocenters. The van der Waals surface area contributed by atoms with Crippen LogP contribution in [0.25, 0.3) is 5.57 Å². The summed E-state index contributed by atoms with van der Waals surface area (Å²) in [5.74, 6) is 0.0116. The third kappa shape index (κ3) is 4.54. The van der Waals surface area contributed by atoms with E-state index in [0.717, 1.165) is 12.3 Å². The van der Waals surface area contributed by atoms with E-state index in [1.165, 1.54) is 18.6 Å². The predicted octanol–water partition coefficient (Wildman–Crippen LogP) is 0.935. The fourth-order valence-corrected chi connectivity index (χ4v) is 3.64. The van der Waals surface area contributed by atoms with Crippen molar-refractivity contribution in [2.75, 3.05) is 44.9 Å². The van der Waals surface area contributed by atoms with Gasteiger partial charge in [-0.1, -0.05) is 0 Å². The molecular weight excluding hydrogens is 399 g/mol. The van der Waals surface area contributed by atoms with E-state index in [1.807, 2.05) is 23.9 Å². The number of aromatic nitrogens is 2. The second kappa shape index (κ2) is 9.19. The van der Waals surface area contributed by atoms with E-state index in [-0.39, 0.29) is 23.0 Å². The van der Waals surface area contributed by atoms with Gasteiger partial charge in [0.1, 0.15) is 18.0 Å². The van der Waals surface area contributed by atoms with E-state index < -0.39 is 11.9 Å². The zero-order valence-electron chi connectivity index (χ0n) is 17.7. The average Bonchev–Trinajstić information content (AvgIpc) is 3.14. The Morgan fingerprint density at radius 1 is 1.29 bits per heavy atom. The molecule has 1 aromatic carbocycles. The van der Waals surface area contributed by atoms with Gasteiger partial charge in [-0.3, -0.25) is 5.41 Å². The third-order valence-corrected chi connectivity index (χ3v) is 5.33. The molecule has 1 saturated heterocycles. The van der Waals surface area contributed by atoms with E-state index in [4.69, 9.17) is 16.6 Å². The number of nitrogens with two attached hydrogens (primary N) is 1. The Balaban J connectivity index is 1.95. The van der Waals surface area contributed by atoms with Crippen LogP contribution in [0.3, 0.4) is 0 Å². The molecule has 164 valence electrons. The number of β-amino-alcohol motifs (C(OH)–C–C–N with tert-alkyl or cyclic N) is 1. The van der Waals surface area contributed by atoms with Crippen molar-refractivity contribution in [2.45, 2.75) is 12.1 Å². The van der Waals surface area contributed by atoms with Crippen molar-refractivity contribution >= 4 is 29.0 Å². The maximum absolute atomic E-state index is 14.5. The van der Waals surface area contributed by atoms with Gasteiger partial charge in [0.15, 0.2) is 0 Å². The molecule has 2 atom stereocenters. The van der Waals surface area contributed by atoms with Crippen molar-refractivity contribution in [3.05, 3.63) is 53.4 Å². The Morgan fingerprint density at radius 2 is 2.03 bits per heavy atom. The van der Waals surface area contributed by atoms with Crippen molar-refractivity contribution in [1.82, 2.24) is 20.2 Å². The predicted molar refractivity (Wildman–Crippen MR) is 120 cm³/mol. The van der Waals surface area contributed by atoms with Crippen LogP contribution in [0.5, 0.6) is 0 Å². The molecule has 3 rings (SSSR count). The molecule has 2 heterocycles. The molecule has 1 aliphatic heterocycles. The number of nitrogen functional groups attached to an aromatic ring is 1. The summed E-state index contributed by atoms with van der Waals surface area (Å²) >= 11 is 0. The van der Waals surface area contributed by atoms with E-state index in [2.05, 4.69) is 15.3 Å². The van der Waals surface area contributed by atoms with Crippen LogP contribution in [-0.4, -0.2) is 78.3 Å². The number of rotatable bonds is 7. The highest BCUT2D eigenvalue weighted by molar-refractivity contribution is 6.15. The molecule has 0 radical (unpaired) electrons. The van der Waals surface area contributed by atoms with Crippen LogP contribution in [0.4, 0.5) is 15.9 Å². The minimum Gasteiger partial charge on any atom is -0.398 e. The first-order valence-electron chi connectivity index (χ1n) is 9.74. The summed E-state index contributed by atoms with van der Waals surface area (Å²) in [5, 5.41) is 29.3. The van der Waals surface area contributed by atoms with Gasteiger partial charge < -0.3 is 31.4 Å². The molecule has 0 saturated carbocycles. The average molecular weight is 427 g/mol. The largest absolute Gasteiger partial charge is 0.398 e. The molecule has 31 heavy (non-hydrogen) atoms. The maximum Gasteiger partial charge on any atom is 0.133 e. The first kappa shape index (κ1) is 22.3. The SMILES string of the molecule is CN/C=C(\C=N)c1cc(C(=N)c2cc(N3CC(N(C)C)[C@H](O)C3)ncn2)c(N)cc1F. The Bertz CT molecular complexity index is 1020. The standard InChI is InChI=1S/C21H27FN8O/c1-26-8-12(7-23)13-4-14(16(24)5-15(13)22)21(25)17-6-20(28-11-27-17)30-9-18(29(2)3)19(31)10-30/h4-8,11,18-19,23,25-26,31H,9-10,24H2,1-3H3/b12-8+,23-7?,25-21?/t18?,19-/m1/s1. The van der Waals surface area contributed by atoms with Crippen LogP contribution >= 0.6 is 0 Å². The number of aliphatic hydroxyl groups excluding tert-OH is 1. The molecule has 1 aliphatic rings. The van der Waals surface area contributed by atoms with E-state index >= 15 is 0 Å². The molecule has 2 aromatic rings. The van der Waals surface area contributed by atoms with Gasteiger partial charge >= 0.3 is 0 Å². The van der Waals surface area contributed by atoms with Gasteiger partial charge in [0.25, 0.3) is 0 Å². The summed E-state index contributed by atoms with van der Waals surface area (Å²) in [6.45, 7) is 1.02. The second-order valence-electron chi connectivity index (χ2n) is 7.59. The number of likely N-dealkylation sites (N-methyl/N-ethyl adjacent to an activating group) is 1. The highest BCUT2D eigenvalue weighted by Crippen LogP contribution is 2.26. The van der Waals surface area contributed by atoms with Gasteiger partial charge in [0.2, 0.25) is 0 Å². The van der Waals surface area contributed by atoms with Crippen LogP contribution in [0, 0.1) is 16.6 Å². The minimum absolute atomic E-state index is 0.0140. The lowest BCUT2D eigenvalue weighted by molar-refractivity contribution is 0.114. The van der Waals surface area contributed by atoms with E-state index in [9.17, 15) is 9.50 Å². The first-order valence-corrected chi connectivity index (χ1v) is 9.74. The number of anilines is 2. The quantitative estimate of drug-likeness (QED) is 0.328. The number of hydrogen-bond donors (Lipinski definition) is 5. The lowest BCUT2D eigenvalue weighted by atomic mass is 9.98. The number of benzene rings is 1. The maximum atomic E-state index is 14.5. The number of hydrogen-bond acceptors (Lipinski definition) is 9. The highest BCUT2D eigenvalue weighted by atomic mass is 19.1. The van der Waals surface area contributed by atoms with Crippen molar-refractivity contribution in [2.24, 2.45) is 0 Å². The van der Waals surface area contributed by atoms with Gasteiger partial charge in [-0.15, -0.1) is 0 Å². The van der Waals surface area contributed by atoms with Crippen molar-refractivity contribution < 1.29 is 9.50 Å². The lowest BCUT2D eigenvalue weighted by Gasteiger charge is -2.22.